The van der Waals surface area contributed by atoms with Crippen LogP contribution in [0.25, 0.3) is 0 Å². The van der Waals surface area contributed by atoms with E-state index in [1.54, 1.807) is 0 Å². The molecule has 1 N–H and O–H groups in total. The molecule has 0 saturated heterocycles. The average Bonchev–Trinajstić information content (AvgIpc) is 2.73. The number of rotatable bonds is 0. The second-order valence-corrected chi connectivity index (χ2v) is 5.10. The standard InChI is InChI=1S/C16H14O/c17-16-13-8-4-3-7-12(13)14-9-15(16)11-6-2-1-5-10(11)14/h1-8,14-17H,9H2. The molecule has 0 spiro atoms. The van der Waals surface area contributed by atoms with Gasteiger partial charge < -0.3 is 5.11 Å². The zero-order chi connectivity index (χ0) is 11.4. The van der Waals surface area contributed by atoms with Gasteiger partial charge in [0.05, 0.1) is 6.10 Å². The van der Waals surface area contributed by atoms with Crippen LogP contribution in [0.5, 0.6) is 0 Å². The lowest BCUT2D eigenvalue weighted by atomic mass is 9.79. The Labute approximate surface area is 101 Å². The Morgan fingerprint density at radius 1 is 0.765 bits per heavy atom. The average molecular weight is 222 g/mol. The highest BCUT2D eigenvalue weighted by molar-refractivity contribution is 5.52. The van der Waals surface area contributed by atoms with E-state index in [2.05, 4.69) is 42.5 Å². The lowest BCUT2D eigenvalue weighted by molar-refractivity contribution is 0.135. The molecule has 0 fully saturated rings. The first-order valence-electron chi connectivity index (χ1n) is 6.22. The van der Waals surface area contributed by atoms with Crippen LogP contribution in [0.4, 0.5) is 0 Å². The Bertz CT molecular complexity index is 588. The Kier molecular flexibility index (Phi) is 1.78. The Hall–Kier alpha value is -1.60. The van der Waals surface area contributed by atoms with Gasteiger partial charge in [0.2, 0.25) is 0 Å². The number of fused-ring (bicyclic) bond motifs is 7. The molecule has 0 saturated carbocycles. The van der Waals surface area contributed by atoms with Crippen molar-refractivity contribution in [3.8, 4) is 0 Å². The molecule has 0 radical (unpaired) electrons. The minimum atomic E-state index is -0.328. The molecule has 0 amide bonds. The van der Waals surface area contributed by atoms with Crippen LogP contribution in [-0.4, -0.2) is 5.11 Å². The van der Waals surface area contributed by atoms with Gasteiger partial charge in [-0.3, -0.25) is 0 Å². The van der Waals surface area contributed by atoms with Crippen molar-refractivity contribution in [2.24, 2.45) is 0 Å². The van der Waals surface area contributed by atoms with E-state index in [1.165, 1.54) is 16.7 Å². The second-order valence-electron chi connectivity index (χ2n) is 5.10. The number of hydrogen-bond donors (Lipinski definition) is 1. The van der Waals surface area contributed by atoms with Crippen molar-refractivity contribution in [3.05, 3.63) is 70.8 Å². The second kappa shape index (κ2) is 3.21. The van der Waals surface area contributed by atoms with Gasteiger partial charge >= 0.3 is 0 Å². The van der Waals surface area contributed by atoms with Crippen LogP contribution in [0.15, 0.2) is 48.5 Å². The van der Waals surface area contributed by atoms with Gasteiger partial charge in [-0.15, -0.1) is 0 Å². The van der Waals surface area contributed by atoms with E-state index >= 15 is 0 Å². The minimum Gasteiger partial charge on any atom is -0.388 e. The normalized spacial score (nSPS) is 28.6. The van der Waals surface area contributed by atoms with Crippen LogP contribution in [0.2, 0.25) is 0 Å². The van der Waals surface area contributed by atoms with Crippen molar-refractivity contribution in [2.75, 3.05) is 0 Å². The van der Waals surface area contributed by atoms with E-state index < -0.39 is 0 Å². The molecular formula is C16H14O. The minimum absolute atomic E-state index is 0.297. The van der Waals surface area contributed by atoms with Gasteiger partial charge in [0.15, 0.2) is 0 Å². The molecule has 0 aliphatic heterocycles. The summed E-state index contributed by atoms with van der Waals surface area (Å²) in [5.41, 5.74) is 5.22. The van der Waals surface area contributed by atoms with Crippen LogP contribution in [0, 0.1) is 0 Å². The lowest BCUT2D eigenvalue weighted by Crippen LogP contribution is -2.15. The molecule has 0 aromatic heterocycles. The maximum absolute atomic E-state index is 10.5. The van der Waals surface area contributed by atoms with Crippen molar-refractivity contribution in [1.82, 2.24) is 0 Å². The van der Waals surface area contributed by atoms with Crippen LogP contribution in [0.1, 0.15) is 46.6 Å². The highest BCUT2D eigenvalue weighted by Gasteiger charge is 2.42. The summed E-state index contributed by atoms with van der Waals surface area (Å²) in [5, 5.41) is 10.5. The molecule has 4 rings (SSSR count). The molecule has 3 unspecified atom stereocenters. The molecule has 17 heavy (non-hydrogen) atoms. The maximum Gasteiger partial charge on any atom is 0.0861 e. The van der Waals surface area contributed by atoms with Crippen LogP contribution in [-0.2, 0) is 0 Å². The van der Waals surface area contributed by atoms with Crippen LogP contribution < -0.4 is 0 Å². The summed E-state index contributed by atoms with van der Waals surface area (Å²) < 4.78 is 0. The summed E-state index contributed by atoms with van der Waals surface area (Å²) in [4.78, 5) is 0. The third-order valence-corrected chi connectivity index (χ3v) is 4.33. The van der Waals surface area contributed by atoms with E-state index in [-0.39, 0.29) is 6.10 Å². The fraction of sp³-hybridized carbons (Fsp3) is 0.250. The van der Waals surface area contributed by atoms with Crippen molar-refractivity contribution in [1.29, 1.82) is 0 Å². The van der Waals surface area contributed by atoms with Crippen LogP contribution in [0.3, 0.4) is 0 Å². The highest BCUT2D eigenvalue weighted by atomic mass is 16.3. The molecule has 2 bridgehead atoms. The molecule has 2 aromatic carbocycles. The topological polar surface area (TPSA) is 20.2 Å². The Morgan fingerprint density at radius 2 is 1.29 bits per heavy atom. The molecule has 2 aromatic rings. The summed E-state index contributed by atoms with van der Waals surface area (Å²) in [6, 6.07) is 16.9. The third kappa shape index (κ3) is 1.12. The van der Waals surface area contributed by atoms with Crippen molar-refractivity contribution in [3.63, 3.8) is 0 Å². The lowest BCUT2D eigenvalue weighted by Gasteiger charge is -2.28. The summed E-state index contributed by atoms with van der Waals surface area (Å²) in [6.07, 6.45) is 0.739. The van der Waals surface area contributed by atoms with Crippen molar-refractivity contribution < 1.29 is 5.11 Å². The third-order valence-electron chi connectivity index (χ3n) is 4.33. The zero-order valence-electron chi connectivity index (χ0n) is 9.51. The van der Waals surface area contributed by atoms with Gasteiger partial charge in [-0.05, 0) is 28.7 Å². The number of hydrogen-bond acceptors (Lipinski definition) is 1. The maximum atomic E-state index is 10.5. The van der Waals surface area contributed by atoms with Gasteiger partial charge in [0.25, 0.3) is 0 Å². The van der Waals surface area contributed by atoms with E-state index in [0.29, 0.717) is 11.8 Å². The van der Waals surface area contributed by atoms with Gasteiger partial charge in [-0.2, -0.15) is 0 Å². The van der Waals surface area contributed by atoms with Gasteiger partial charge in [0.1, 0.15) is 0 Å². The quantitative estimate of drug-likeness (QED) is 0.724. The fourth-order valence-electron chi connectivity index (χ4n) is 3.58. The summed E-state index contributed by atoms with van der Waals surface area (Å²) in [6.45, 7) is 0. The van der Waals surface area contributed by atoms with Gasteiger partial charge in [-0.1, -0.05) is 48.5 Å². The molecule has 84 valence electrons. The first kappa shape index (κ1) is 9.43. The summed E-state index contributed by atoms with van der Waals surface area (Å²) in [5.74, 6) is 0.793. The number of benzene rings is 2. The first-order valence-corrected chi connectivity index (χ1v) is 6.22. The van der Waals surface area contributed by atoms with E-state index in [4.69, 9.17) is 0 Å². The molecule has 0 heterocycles. The van der Waals surface area contributed by atoms with Gasteiger partial charge in [0, 0.05) is 11.8 Å². The predicted molar refractivity (Wildman–Crippen MR) is 67.0 cm³/mol. The molecule has 3 atom stereocenters. The smallest absolute Gasteiger partial charge is 0.0861 e. The first-order chi connectivity index (χ1) is 8.36. The summed E-state index contributed by atoms with van der Waals surface area (Å²) in [7, 11) is 0. The van der Waals surface area contributed by atoms with E-state index in [9.17, 15) is 5.11 Å². The van der Waals surface area contributed by atoms with Crippen LogP contribution >= 0.6 is 0 Å². The van der Waals surface area contributed by atoms with E-state index in [1.807, 2.05) is 6.07 Å². The molecule has 1 heteroatoms. The number of aliphatic hydroxyl groups is 1. The predicted octanol–water partition coefficient (Wildman–Crippen LogP) is 3.35. The molecule has 1 nitrogen and oxygen atoms in total. The molecular weight excluding hydrogens is 208 g/mol. The highest BCUT2D eigenvalue weighted by Crippen LogP contribution is 2.55. The molecule has 2 aliphatic rings. The Morgan fingerprint density at radius 3 is 2.00 bits per heavy atom. The van der Waals surface area contributed by atoms with Crippen molar-refractivity contribution >= 4 is 0 Å². The zero-order valence-corrected chi connectivity index (χ0v) is 9.51. The Balaban J connectivity index is 2.01. The fourth-order valence-corrected chi connectivity index (χ4v) is 3.58. The SMILES string of the molecule is OC1c2ccccc2C2CC1c1ccccc12. The van der Waals surface area contributed by atoms with Gasteiger partial charge in [-0.25, -0.2) is 0 Å². The number of aliphatic hydroxyl groups excluding tert-OH is 1. The monoisotopic (exact) mass is 222 g/mol. The largest absolute Gasteiger partial charge is 0.388 e. The molecule has 2 aliphatic carbocycles. The van der Waals surface area contributed by atoms with E-state index in [0.717, 1.165) is 12.0 Å². The summed E-state index contributed by atoms with van der Waals surface area (Å²) >= 11 is 0. The van der Waals surface area contributed by atoms with Crippen molar-refractivity contribution in [2.45, 2.75) is 24.4 Å².